The van der Waals surface area contributed by atoms with Crippen molar-refractivity contribution in [3.05, 3.63) is 54.6 Å². The first-order valence-corrected chi connectivity index (χ1v) is 10.3. The number of rotatable bonds is 6. The molecule has 1 aromatic heterocycles. The molecule has 28 heavy (non-hydrogen) atoms. The predicted octanol–water partition coefficient (Wildman–Crippen LogP) is 5.19. The predicted molar refractivity (Wildman–Crippen MR) is 115 cm³/mol. The number of ether oxygens (including phenoxy) is 1. The van der Waals surface area contributed by atoms with Crippen molar-refractivity contribution in [1.29, 1.82) is 0 Å². The van der Waals surface area contributed by atoms with E-state index in [1.165, 1.54) is 38.9 Å². The highest BCUT2D eigenvalue weighted by molar-refractivity contribution is 6.08. The Morgan fingerprint density at radius 2 is 1.50 bits per heavy atom. The van der Waals surface area contributed by atoms with Gasteiger partial charge in [0, 0.05) is 16.8 Å². The van der Waals surface area contributed by atoms with Crippen LogP contribution in [0.4, 0.5) is 0 Å². The first-order chi connectivity index (χ1) is 13.9. The standard InChI is InChI=1S/C24H25N3O/c1-2-10-19-18(9-1)23(28-16-8-7-15-27-13-5-6-14-27)17-22-24(19)26-21-12-4-3-11-20(21)25-22/h1-4,9-12,17H,5-8,13-16H2. The van der Waals surface area contributed by atoms with Crippen LogP contribution in [-0.4, -0.2) is 41.1 Å². The Hall–Kier alpha value is -2.72. The molecule has 1 saturated heterocycles. The maximum atomic E-state index is 6.22. The van der Waals surface area contributed by atoms with Gasteiger partial charge in [-0.25, -0.2) is 9.97 Å². The van der Waals surface area contributed by atoms with Crippen LogP contribution in [0, 0.1) is 0 Å². The minimum absolute atomic E-state index is 0.740. The van der Waals surface area contributed by atoms with Gasteiger partial charge in [0.25, 0.3) is 0 Å². The van der Waals surface area contributed by atoms with Crippen molar-refractivity contribution in [3.8, 4) is 5.75 Å². The van der Waals surface area contributed by atoms with Gasteiger partial charge in [-0.05, 0) is 57.5 Å². The Balaban J connectivity index is 1.41. The third-order valence-electron chi connectivity index (χ3n) is 5.64. The lowest BCUT2D eigenvalue weighted by Crippen LogP contribution is -2.20. The number of aromatic nitrogens is 2. The minimum Gasteiger partial charge on any atom is -0.493 e. The summed E-state index contributed by atoms with van der Waals surface area (Å²) in [5.41, 5.74) is 3.68. The molecule has 0 atom stereocenters. The summed E-state index contributed by atoms with van der Waals surface area (Å²) in [6.45, 7) is 4.47. The molecule has 0 aliphatic carbocycles. The molecule has 2 heterocycles. The van der Waals surface area contributed by atoms with E-state index in [0.29, 0.717) is 0 Å². The molecule has 1 aliphatic heterocycles. The molecule has 0 unspecified atom stereocenters. The second-order valence-corrected chi connectivity index (χ2v) is 7.60. The van der Waals surface area contributed by atoms with Crippen molar-refractivity contribution >= 4 is 32.8 Å². The van der Waals surface area contributed by atoms with E-state index in [0.717, 1.165) is 51.6 Å². The van der Waals surface area contributed by atoms with Gasteiger partial charge in [-0.15, -0.1) is 0 Å². The second kappa shape index (κ2) is 7.72. The third kappa shape index (κ3) is 3.40. The van der Waals surface area contributed by atoms with E-state index in [2.05, 4.69) is 35.2 Å². The minimum atomic E-state index is 0.740. The van der Waals surface area contributed by atoms with Gasteiger partial charge in [-0.3, -0.25) is 0 Å². The van der Waals surface area contributed by atoms with Crippen molar-refractivity contribution in [2.45, 2.75) is 25.7 Å². The zero-order valence-corrected chi connectivity index (χ0v) is 16.1. The number of para-hydroxylation sites is 2. The first kappa shape index (κ1) is 17.4. The molecule has 0 spiro atoms. The van der Waals surface area contributed by atoms with Crippen LogP contribution in [0.25, 0.3) is 32.8 Å². The number of nitrogens with zero attached hydrogens (tertiary/aromatic N) is 3. The lowest BCUT2D eigenvalue weighted by molar-refractivity contribution is 0.282. The summed E-state index contributed by atoms with van der Waals surface area (Å²) in [6, 6.07) is 18.4. The van der Waals surface area contributed by atoms with Crippen LogP contribution in [0.3, 0.4) is 0 Å². The number of unbranched alkanes of at least 4 members (excludes halogenated alkanes) is 1. The van der Waals surface area contributed by atoms with Crippen molar-refractivity contribution < 1.29 is 4.74 Å². The summed E-state index contributed by atoms with van der Waals surface area (Å²) >= 11 is 0. The molecule has 5 rings (SSSR count). The summed E-state index contributed by atoms with van der Waals surface area (Å²) in [6.07, 6.45) is 4.98. The van der Waals surface area contributed by atoms with Crippen LogP contribution in [-0.2, 0) is 0 Å². The largest absolute Gasteiger partial charge is 0.493 e. The van der Waals surface area contributed by atoms with E-state index >= 15 is 0 Å². The average Bonchev–Trinajstić information content (AvgIpc) is 3.26. The lowest BCUT2D eigenvalue weighted by atomic mass is 10.1. The maximum absolute atomic E-state index is 6.22. The molecule has 4 heteroatoms. The van der Waals surface area contributed by atoms with Crippen molar-refractivity contribution in [3.63, 3.8) is 0 Å². The molecular weight excluding hydrogens is 346 g/mol. The summed E-state index contributed by atoms with van der Waals surface area (Å²) in [4.78, 5) is 12.3. The van der Waals surface area contributed by atoms with Gasteiger partial charge in [0.1, 0.15) is 5.75 Å². The van der Waals surface area contributed by atoms with Gasteiger partial charge in [-0.2, -0.15) is 0 Å². The molecule has 4 aromatic rings. The van der Waals surface area contributed by atoms with Gasteiger partial charge in [-0.1, -0.05) is 36.4 Å². The van der Waals surface area contributed by atoms with E-state index < -0.39 is 0 Å². The molecule has 3 aromatic carbocycles. The second-order valence-electron chi connectivity index (χ2n) is 7.60. The van der Waals surface area contributed by atoms with E-state index in [1.54, 1.807) is 0 Å². The van der Waals surface area contributed by atoms with Crippen molar-refractivity contribution in [1.82, 2.24) is 14.9 Å². The molecular formula is C24H25N3O. The number of hydrogen-bond acceptors (Lipinski definition) is 4. The topological polar surface area (TPSA) is 38.2 Å². The van der Waals surface area contributed by atoms with Gasteiger partial charge < -0.3 is 9.64 Å². The zero-order valence-electron chi connectivity index (χ0n) is 16.1. The molecule has 0 radical (unpaired) electrons. The highest BCUT2D eigenvalue weighted by Crippen LogP contribution is 2.32. The fourth-order valence-electron chi connectivity index (χ4n) is 4.16. The van der Waals surface area contributed by atoms with Gasteiger partial charge in [0.05, 0.1) is 28.7 Å². The van der Waals surface area contributed by atoms with Gasteiger partial charge in [0.2, 0.25) is 0 Å². The Kier molecular flexibility index (Phi) is 4.79. The van der Waals surface area contributed by atoms with Crippen LogP contribution in [0.15, 0.2) is 54.6 Å². The Morgan fingerprint density at radius 1 is 0.786 bits per heavy atom. The van der Waals surface area contributed by atoms with Crippen molar-refractivity contribution in [2.24, 2.45) is 0 Å². The fourth-order valence-corrected chi connectivity index (χ4v) is 4.16. The first-order valence-electron chi connectivity index (χ1n) is 10.3. The molecule has 142 valence electrons. The maximum Gasteiger partial charge on any atom is 0.129 e. The zero-order chi connectivity index (χ0) is 18.8. The van der Waals surface area contributed by atoms with E-state index in [1.807, 2.05) is 24.3 Å². The lowest BCUT2D eigenvalue weighted by Gasteiger charge is -2.15. The molecule has 0 saturated carbocycles. The fraction of sp³-hybridized carbons (Fsp3) is 0.333. The summed E-state index contributed by atoms with van der Waals surface area (Å²) < 4.78 is 6.22. The van der Waals surface area contributed by atoms with Gasteiger partial charge in [0.15, 0.2) is 0 Å². The molecule has 0 amide bonds. The molecule has 4 nitrogen and oxygen atoms in total. The summed E-state index contributed by atoms with van der Waals surface area (Å²) in [5, 5.41) is 2.21. The van der Waals surface area contributed by atoms with Crippen LogP contribution in [0.2, 0.25) is 0 Å². The van der Waals surface area contributed by atoms with E-state index in [9.17, 15) is 0 Å². The highest BCUT2D eigenvalue weighted by atomic mass is 16.5. The molecule has 1 aliphatic rings. The Labute approximate surface area is 165 Å². The quantitative estimate of drug-likeness (QED) is 0.266. The van der Waals surface area contributed by atoms with Crippen LogP contribution in [0.1, 0.15) is 25.7 Å². The summed E-state index contributed by atoms with van der Waals surface area (Å²) in [7, 11) is 0. The van der Waals surface area contributed by atoms with Crippen LogP contribution in [0.5, 0.6) is 5.75 Å². The number of hydrogen-bond donors (Lipinski definition) is 0. The smallest absolute Gasteiger partial charge is 0.129 e. The summed E-state index contributed by atoms with van der Waals surface area (Å²) in [5.74, 6) is 0.911. The SMILES string of the molecule is c1ccc2nc3c(cc(OCCCCN4CCCC4)c4ccccc43)nc2c1. The van der Waals surface area contributed by atoms with Crippen LogP contribution < -0.4 is 4.74 Å². The molecule has 1 fully saturated rings. The number of likely N-dealkylation sites (tertiary alicyclic amines) is 1. The monoisotopic (exact) mass is 371 g/mol. The molecule has 0 N–H and O–H groups in total. The highest BCUT2D eigenvalue weighted by Gasteiger charge is 2.12. The third-order valence-corrected chi connectivity index (χ3v) is 5.64. The Bertz CT molecular complexity index is 1120. The molecule has 0 bridgehead atoms. The van der Waals surface area contributed by atoms with E-state index in [4.69, 9.17) is 14.7 Å². The average molecular weight is 371 g/mol. The number of benzene rings is 3. The van der Waals surface area contributed by atoms with Crippen molar-refractivity contribution in [2.75, 3.05) is 26.2 Å². The van der Waals surface area contributed by atoms with Gasteiger partial charge >= 0.3 is 0 Å². The van der Waals surface area contributed by atoms with E-state index in [-0.39, 0.29) is 0 Å². The van der Waals surface area contributed by atoms with Crippen LogP contribution >= 0.6 is 0 Å². The Morgan fingerprint density at radius 3 is 2.32 bits per heavy atom. The normalized spacial score (nSPS) is 15.0. The number of fused-ring (bicyclic) bond motifs is 4.